The molecule has 1 aliphatic carbocycles. The van der Waals surface area contributed by atoms with Crippen molar-refractivity contribution in [1.82, 2.24) is 0 Å². The molecule has 0 saturated heterocycles. The van der Waals surface area contributed by atoms with Gasteiger partial charge in [-0.2, -0.15) is 0 Å². The second kappa shape index (κ2) is 5.31. The maximum atomic E-state index is 6.26. The lowest BCUT2D eigenvalue weighted by atomic mass is 9.83. The molecule has 0 radical (unpaired) electrons. The molecule has 1 aromatic rings. The van der Waals surface area contributed by atoms with Gasteiger partial charge >= 0.3 is 0 Å². The van der Waals surface area contributed by atoms with Crippen LogP contribution in [0, 0.1) is 5.92 Å². The van der Waals surface area contributed by atoms with E-state index in [1.807, 2.05) is 12.1 Å². The van der Waals surface area contributed by atoms with Gasteiger partial charge in [0.2, 0.25) is 0 Å². The Kier molecular flexibility index (Phi) is 3.55. The third-order valence-corrected chi connectivity index (χ3v) is 4.45. The number of benzene rings is 1. The molecule has 1 heterocycles. The first kappa shape index (κ1) is 12.0. The second-order valence-electron chi connectivity index (χ2n) is 5.86. The smallest absolute Gasteiger partial charge is 0.124 e. The summed E-state index contributed by atoms with van der Waals surface area (Å²) in [6.07, 6.45) is 9.51. The minimum absolute atomic E-state index is 0.156. The summed E-state index contributed by atoms with van der Waals surface area (Å²) in [7, 11) is 0. The minimum atomic E-state index is 0.156. The molecule has 0 aromatic heterocycles. The molecule has 2 N–H and O–H groups in total. The number of rotatable bonds is 2. The van der Waals surface area contributed by atoms with Crippen LogP contribution in [-0.4, -0.2) is 6.10 Å². The SMILES string of the molecule is N[C@@H]1CC(CC2CCCCC2)Oc2ccccc21. The third kappa shape index (κ3) is 2.54. The summed E-state index contributed by atoms with van der Waals surface area (Å²) in [4.78, 5) is 0. The van der Waals surface area contributed by atoms with E-state index in [4.69, 9.17) is 10.5 Å². The Bertz CT molecular complexity index is 398. The van der Waals surface area contributed by atoms with Crippen LogP contribution >= 0.6 is 0 Å². The standard InChI is InChI=1S/C16H23NO/c17-15-11-13(10-12-6-2-1-3-7-12)18-16-9-5-4-8-14(15)16/h4-5,8-9,12-13,15H,1-3,6-7,10-11,17H2/t13?,15-/m1/s1. The fourth-order valence-corrected chi connectivity index (χ4v) is 3.47. The van der Waals surface area contributed by atoms with Crippen molar-refractivity contribution in [1.29, 1.82) is 0 Å². The number of para-hydroxylation sites is 1. The molecule has 1 aromatic carbocycles. The fourth-order valence-electron chi connectivity index (χ4n) is 3.47. The second-order valence-corrected chi connectivity index (χ2v) is 5.86. The van der Waals surface area contributed by atoms with Crippen molar-refractivity contribution in [3.8, 4) is 5.75 Å². The number of nitrogens with two attached hydrogens (primary N) is 1. The average Bonchev–Trinajstić information content (AvgIpc) is 2.40. The Labute approximate surface area is 110 Å². The van der Waals surface area contributed by atoms with Crippen LogP contribution in [0.4, 0.5) is 0 Å². The Hall–Kier alpha value is -1.02. The molecule has 18 heavy (non-hydrogen) atoms. The van der Waals surface area contributed by atoms with Gasteiger partial charge in [-0.25, -0.2) is 0 Å². The van der Waals surface area contributed by atoms with Gasteiger partial charge in [0.05, 0.1) is 0 Å². The Morgan fingerprint density at radius 2 is 1.89 bits per heavy atom. The molecule has 1 unspecified atom stereocenters. The highest BCUT2D eigenvalue weighted by molar-refractivity contribution is 5.37. The molecule has 2 heteroatoms. The fraction of sp³-hybridized carbons (Fsp3) is 0.625. The maximum Gasteiger partial charge on any atom is 0.124 e. The van der Waals surface area contributed by atoms with Crippen molar-refractivity contribution in [3.63, 3.8) is 0 Å². The van der Waals surface area contributed by atoms with Crippen molar-refractivity contribution >= 4 is 0 Å². The van der Waals surface area contributed by atoms with Gasteiger partial charge in [-0.15, -0.1) is 0 Å². The molecule has 1 saturated carbocycles. The monoisotopic (exact) mass is 245 g/mol. The Morgan fingerprint density at radius 1 is 1.11 bits per heavy atom. The first-order valence-electron chi connectivity index (χ1n) is 7.34. The van der Waals surface area contributed by atoms with E-state index in [2.05, 4.69) is 12.1 Å². The van der Waals surface area contributed by atoms with Gasteiger partial charge in [-0.3, -0.25) is 0 Å². The molecule has 0 amide bonds. The van der Waals surface area contributed by atoms with E-state index in [1.165, 1.54) is 44.1 Å². The quantitative estimate of drug-likeness (QED) is 0.860. The number of fused-ring (bicyclic) bond motifs is 1. The number of ether oxygens (including phenoxy) is 1. The lowest BCUT2D eigenvalue weighted by molar-refractivity contribution is 0.120. The molecular weight excluding hydrogens is 222 g/mol. The molecule has 2 aliphatic rings. The first-order chi connectivity index (χ1) is 8.83. The summed E-state index contributed by atoms with van der Waals surface area (Å²) in [5, 5.41) is 0. The van der Waals surface area contributed by atoms with Crippen molar-refractivity contribution in [2.45, 2.75) is 57.1 Å². The van der Waals surface area contributed by atoms with Crippen LogP contribution < -0.4 is 10.5 Å². The van der Waals surface area contributed by atoms with Crippen LogP contribution in [-0.2, 0) is 0 Å². The van der Waals surface area contributed by atoms with E-state index in [0.29, 0.717) is 6.10 Å². The zero-order valence-electron chi connectivity index (χ0n) is 11.0. The predicted octanol–water partition coefficient (Wildman–Crippen LogP) is 3.81. The Morgan fingerprint density at radius 3 is 2.72 bits per heavy atom. The van der Waals surface area contributed by atoms with Gasteiger partial charge in [0.15, 0.2) is 0 Å². The lowest BCUT2D eigenvalue weighted by Crippen LogP contribution is -2.31. The zero-order valence-corrected chi connectivity index (χ0v) is 11.0. The van der Waals surface area contributed by atoms with Gasteiger partial charge in [0, 0.05) is 18.0 Å². The predicted molar refractivity (Wildman–Crippen MR) is 73.6 cm³/mol. The molecule has 2 atom stereocenters. The molecule has 1 aliphatic heterocycles. The summed E-state index contributed by atoms with van der Waals surface area (Å²) in [5.74, 6) is 1.87. The van der Waals surface area contributed by atoms with Crippen LogP contribution in [0.5, 0.6) is 5.75 Å². The van der Waals surface area contributed by atoms with E-state index in [1.54, 1.807) is 0 Å². The number of hydrogen-bond acceptors (Lipinski definition) is 2. The molecule has 3 rings (SSSR count). The van der Waals surface area contributed by atoms with Crippen LogP contribution in [0.25, 0.3) is 0 Å². The molecule has 0 bridgehead atoms. The number of hydrogen-bond donors (Lipinski definition) is 1. The van der Waals surface area contributed by atoms with Crippen molar-refractivity contribution < 1.29 is 4.74 Å². The van der Waals surface area contributed by atoms with Crippen molar-refractivity contribution in [2.75, 3.05) is 0 Å². The summed E-state index contributed by atoms with van der Waals surface area (Å²) >= 11 is 0. The summed E-state index contributed by atoms with van der Waals surface area (Å²) in [5.41, 5.74) is 7.44. The molecule has 98 valence electrons. The highest BCUT2D eigenvalue weighted by atomic mass is 16.5. The van der Waals surface area contributed by atoms with Gasteiger partial charge in [-0.05, 0) is 18.4 Å². The topological polar surface area (TPSA) is 35.2 Å². The van der Waals surface area contributed by atoms with Crippen LogP contribution in [0.1, 0.15) is 56.6 Å². The normalized spacial score (nSPS) is 28.5. The molecule has 0 spiro atoms. The third-order valence-electron chi connectivity index (χ3n) is 4.45. The van der Waals surface area contributed by atoms with Crippen LogP contribution in [0.15, 0.2) is 24.3 Å². The summed E-state index contributed by atoms with van der Waals surface area (Å²) in [6, 6.07) is 8.39. The van der Waals surface area contributed by atoms with Gasteiger partial charge in [-0.1, -0.05) is 50.3 Å². The molecular formula is C16H23NO. The van der Waals surface area contributed by atoms with E-state index in [9.17, 15) is 0 Å². The summed E-state index contributed by atoms with van der Waals surface area (Å²) in [6.45, 7) is 0. The van der Waals surface area contributed by atoms with Gasteiger partial charge < -0.3 is 10.5 Å². The minimum Gasteiger partial charge on any atom is -0.490 e. The lowest BCUT2D eigenvalue weighted by Gasteiger charge is -2.33. The first-order valence-corrected chi connectivity index (χ1v) is 7.34. The van der Waals surface area contributed by atoms with E-state index in [0.717, 1.165) is 18.1 Å². The van der Waals surface area contributed by atoms with Crippen molar-refractivity contribution in [2.24, 2.45) is 11.7 Å². The van der Waals surface area contributed by atoms with Crippen molar-refractivity contribution in [3.05, 3.63) is 29.8 Å². The highest BCUT2D eigenvalue weighted by Crippen LogP contribution is 2.37. The van der Waals surface area contributed by atoms with Crippen LogP contribution in [0.2, 0.25) is 0 Å². The highest BCUT2D eigenvalue weighted by Gasteiger charge is 2.28. The zero-order chi connectivity index (χ0) is 12.4. The van der Waals surface area contributed by atoms with Gasteiger partial charge in [0.25, 0.3) is 0 Å². The van der Waals surface area contributed by atoms with E-state index >= 15 is 0 Å². The van der Waals surface area contributed by atoms with Gasteiger partial charge in [0.1, 0.15) is 11.9 Å². The van der Waals surface area contributed by atoms with E-state index < -0.39 is 0 Å². The maximum absolute atomic E-state index is 6.26. The largest absolute Gasteiger partial charge is 0.490 e. The van der Waals surface area contributed by atoms with E-state index in [-0.39, 0.29) is 6.04 Å². The van der Waals surface area contributed by atoms with Crippen LogP contribution in [0.3, 0.4) is 0 Å². The molecule has 2 nitrogen and oxygen atoms in total. The summed E-state index contributed by atoms with van der Waals surface area (Å²) < 4.78 is 6.13. The molecule has 1 fully saturated rings. The average molecular weight is 245 g/mol. The Balaban J connectivity index is 1.66.